The topological polar surface area (TPSA) is 68.2 Å². The maximum atomic E-state index is 11.8. The molecule has 0 fully saturated rings. The highest BCUT2D eigenvalue weighted by Gasteiger charge is 2.47. The highest BCUT2D eigenvalue weighted by Crippen LogP contribution is 2.50. The molecule has 0 aromatic heterocycles. The predicted octanol–water partition coefficient (Wildman–Crippen LogP) is 5.33. The summed E-state index contributed by atoms with van der Waals surface area (Å²) in [6.07, 6.45) is 3.55. The Morgan fingerprint density at radius 2 is 1.82 bits per heavy atom. The number of benzene rings is 3. The molecule has 2 heterocycles. The fourth-order valence-corrected chi connectivity index (χ4v) is 4.57. The molecule has 5 nitrogen and oxygen atoms in total. The van der Waals surface area contributed by atoms with Crippen LogP contribution >= 0.6 is 0 Å². The third kappa shape index (κ3) is 3.95. The molecular formula is C29H30O5. The quantitative estimate of drug-likeness (QED) is 0.541. The van der Waals surface area contributed by atoms with E-state index in [1.165, 1.54) is 0 Å². The van der Waals surface area contributed by atoms with Gasteiger partial charge < -0.3 is 24.4 Å². The Kier molecular flexibility index (Phi) is 5.62. The van der Waals surface area contributed by atoms with Crippen molar-refractivity contribution in [2.75, 3.05) is 6.61 Å². The lowest BCUT2D eigenvalue weighted by Crippen LogP contribution is -2.43. The highest BCUT2D eigenvalue weighted by molar-refractivity contribution is 5.70. The van der Waals surface area contributed by atoms with E-state index in [-0.39, 0.29) is 6.61 Å². The second kappa shape index (κ2) is 8.49. The van der Waals surface area contributed by atoms with Crippen molar-refractivity contribution in [2.45, 2.75) is 51.1 Å². The molecule has 34 heavy (non-hydrogen) atoms. The van der Waals surface area contributed by atoms with Gasteiger partial charge in [0.15, 0.2) is 5.60 Å². The van der Waals surface area contributed by atoms with Gasteiger partial charge in [-0.3, -0.25) is 0 Å². The molecule has 2 N–H and O–H groups in total. The molecule has 5 heteroatoms. The average molecular weight is 459 g/mol. The summed E-state index contributed by atoms with van der Waals surface area (Å²) >= 11 is 0. The summed E-state index contributed by atoms with van der Waals surface area (Å²) in [5.41, 5.74) is 1.83. The predicted molar refractivity (Wildman–Crippen MR) is 131 cm³/mol. The highest BCUT2D eigenvalue weighted by atomic mass is 16.5. The van der Waals surface area contributed by atoms with Crippen LogP contribution in [-0.4, -0.2) is 22.4 Å². The number of hydrogen-bond acceptors (Lipinski definition) is 5. The van der Waals surface area contributed by atoms with E-state index in [0.29, 0.717) is 35.0 Å². The van der Waals surface area contributed by atoms with Gasteiger partial charge in [0, 0.05) is 11.1 Å². The van der Waals surface area contributed by atoms with Crippen molar-refractivity contribution in [3.63, 3.8) is 0 Å². The zero-order chi connectivity index (χ0) is 23.9. The molecule has 0 amide bonds. The number of ether oxygens (including phenoxy) is 3. The summed E-state index contributed by atoms with van der Waals surface area (Å²) < 4.78 is 18.3. The number of hydrogen-bond donors (Lipinski definition) is 2. The Morgan fingerprint density at radius 3 is 2.59 bits per heavy atom. The molecule has 2 aliphatic heterocycles. The van der Waals surface area contributed by atoms with E-state index in [4.69, 9.17) is 14.2 Å². The van der Waals surface area contributed by atoms with Crippen molar-refractivity contribution in [1.82, 2.24) is 0 Å². The van der Waals surface area contributed by atoms with Gasteiger partial charge in [0.25, 0.3) is 0 Å². The maximum Gasteiger partial charge on any atom is 0.157 e. The first kappa shape index (κ1) is 22.5. The lowest BCUT2D eigenvalue weighted by atomic mass is 9.81. The van der Waals surface area contributed by atoms with Crippen molar-refractivity contribution < 1.29 is 24.4 Å². The van der Waals surface area contributed by atoms with Crippen molar-refractivity contribution in [2.24, 2.45) is 0 Å². The molecule has 0 saturated heterocycles. The van der Waals surface area contributed by atoms with Crippen LogP contribution in [-0.2, 0) is 18.6 Å². The van der Waals surface area contributed by atoms with Gasteiger partial charge in [-0.25, -0.2) is 0 Å². The SMILES string of the molecule is CCc1ccc(C2(O)COc3c(ccc4c3C=CC(C)(C)O4)C2O)c(OCc2ccccc2)c1. The van der Waals surface area contributed by atoms with E-state index in [1.807, 2.05) is 80.6 Å². The number of aryl methyl sites for hydroxylation is 1. The number of fused-ring (bicyclic) bond motifs is 3. The van der Waals surface area contributed by atoms with Crippen LogP contribution < -0.4 is 14.2 Å². The molecule has 0 spiro atoms. The van der Waals surface area contributed by atoms with Crippen molar-refractivity contribution >= 4 is 6.08 Å². The molecule has 3 aromatic carbocycles. The standard InChI is InChI=1S/C29H30O5/c1-4-19-10-12-23(25(16-19)32-17-20-8-6-5-7-9-20)29(31)18-33-26-21-14-15-28(2,3)34-24(21)13-11-22(26)27(29)30/h5-16,27,30-31H,4,17-18H2,1-3H3. The summed E-state index contributed by atoms with van der Waals surface area (Å²) in [7, 11) is 0. The van der Waals surface area contributed by atoms with Gasteiger partial charge in [-0.2, -0.15) is 0 Å². The van der Waals surface area contributed by atoms with Crippen LogP contribution in [0.1, 0.15) is 54.7 Å². The molecule has 2 atom stereocenters. The van der Waals surface area contributed by atoms with Crippen LogP contribution in [0.2, 0.25) is 0 Å². The van der Waals surface area contributed by atoms with E-state index in [0.717, 1.165) is 23.1 Å². The Morgan fingerprint density at radius 1 is 1.03 bits per heavy atom. The minimum Gasteiger partial charge on any atom is -0.489 e. The first-order valence-corrected chi connectivity index (χ1v) is 11.7. The van der Waals surface area contributed by atoms with E-state index in [2.05, 4.69) is 6.92 Å². The van der Waals surface area contributed by atoms with E-state index < -0.39 is 17.3 Å². The first-order chi connectivity index (χ1) is 16.3. The number of aliphatic hydroxyl groups excluding tert-OH is 1. The van der Waals surface area contributed by atoms with Gasteiger partial charge in [-0.05, 0) is 61.7 Å². The van der Waals surface area contributed by atoms with Gasteiger partial charge in [0.1, 0.15) is 42.2 Å². The van der Waals surface area contributed by atoms with Crippen LogP contribution in [0.4, 0.5) is 0 Å². The van der Waals surface area contributed by atoms with Gasteiger partial charge in [0.2, 0.25) is 0 Å². The minimum atomic E-state index is -1.67. The van der Waals surface area contributed by atoms with Gasteiger partial charge in [-0.15, -0.1) is 0 Å². The Labute approximate surface area is 200 Å². The summed E-state index contributed by atoms with van der Waals surface area (Å²) in [6, 6.07) is 19.2. The molecule has 176 valence electrons. The monoisotopic (exact) mass is 458 g/mol. The molecule has 2 unspecified atom stereocenters. The summed E-state index contributed by atoms with van der Waals surface area (Å²) in [6.45, 7) is 6.28. The molecule has 5 rings (SSSR count). The molecule has 0 radical (unpaired) electrons. The summed E-state index contributed by atoms with van der Waals surface area (Å²) in [4.78, 5) is 0. The Hall–Kier alpha value is -3.28. The smallest absolute Gasteiger partial charge is 0.157 e. The fourth-order valence-electron chi connectivity index (χ4n) is 4.57. The van der Waals surface area contributed by atoms with E-state index in [9.17, 15) is 10.2 Å². The third-order valence-corrected chi connectivity index (χ3v) is 6.55. The Balaban J connectivity index is 1.51. The fraction of sp³-hybridized carbons (Fsp3) is 0.310. The zero-order valence-corrected chi connectivity index (χ0v) is 19.7. The van der Waals surface area contributed by atoms with Crippen LogP contribution in [0.15, 0.2) is 66.7 Å². The average Bonchev–Trinajstić information content (AvgIpc) is 2.84. The molecule has 0 aliphatic carbocycles. The van der Waals surface area contributed by atoms with Crippen LogP contribution in [0.3, 0.4) is 0 Å². The molecule has 0 saturated carbocycles. The summed E-state index contributed by atoms with van der Waals surface area (Å²) in [5, 5.41) is 23.2. The molecule has 0 bridgehead atoms. The second-order valence-corrected chi connectivity index (χ2v) is 9.51. The van der Waals surface area contributed by atoms with Gasteiger partial charge >= 0.3 is 0 Å². The molecular weight excluding hydrogens is 428 g/mol. The Bertz CT molecular complexity index is 1230. The molecule has 3 aromatic rings. The van der Waals surface area contributed by atoms with Crippen molar-refractivity contribution in [3.05, 3.63) is 94.6 Å². The first-order valence-electron chi connectivity index (χ1n) is 11.7. The van der Waals surface area contributed by atoms with Crippen molar-refractivity contribution in [3.8, 4) is 17.2 Å². The normalized spacial score (nSPS) is 22.2. The largest absolute Gasteiger partial charge is 0.489 e. The number of rotatable bonds is 5. The molecule has 2 aliphatic rings. The zero-order valence-electron chi connectivity index (χ0n) is 19.7. The van der Waals surface area contributed by atoms with Gasteiger partial charge in [-0.1, -0.05) is 49.4 Å². The summed E-state index contributed by atoms with van der Waals surface area (Å²) in [5.74, 6) is 1.78. The van der Waals surface area contributed by atoms with Crippen molar-refractivity contribution in [1.29, 1.82) is 0 Å². The van der Waals surface area contributed by atoms with E-state index in [1.54, 1.807) is 6.07 Å². The minimum absolute atomic E-state index is 0.109. The van der Waals surface area contributed by atoms with Crippen LogP contribution in [0.5, 0.6) is 17.2 Å². The second-order valence-electron chi connectivity index (χ2n) is 9.51. The van der Waals surface area contributed by atoms with E-state index >= 15 is 0 Å². The maximum absolute atomic E-state index is 11.8. The third-order valence-electron chi connectivity index (χ3n) is 6.55. The number of aliphatic hydroxyl groups is 2. The lowest BCUT2D eigenvalue weighted by Gasteiger charge is -2.40. The lowest BCUT2D eigenvalue weighted by molar-refractivity contribution is -0.122. The van der Waals surface area contributed by atoms with Crippen LogP contribution in [0.25, 0.3) is 6.08 Å². The van der Waals surface area contributed by atoms with Crippen LogP contribution in [0, 0.1) is 0 Å². The van der Waals surface area contributed by atoms with Gasteiger partial charge in [0.05, 0.1) is 5.56 Å².